The second kappa shape index (κ2) is 8.26. The molecule has 3 rings (SSSR count). The van der Waals surface area contributed by atoms with Gasteiger partial charge >= 0.3 is 0 Å². The van der Waals surface area contributed by atoms with Gasteiger partial charge in [-0.1, -0.05) is 6.07 Å². The number of ether oxygens (including phenoxy) is 1. The number of nitrogens with one attached hydrogen (secondary N) is 2. The van der Waals surface area contributed by atoms with Crippen molar-refractivity contribution in [3.05, 3.63) is 47.0 Å². The number of nitrogens with zero attached hydrogens (tertiary/aromatic N) is 2. The summed E-state index contributed by atoms with van der Waals surface area (Å²) in [6, 6.07) is 3.31. The average Bonchev–Trinajstić information content (AvgIpc) is 3.05. The third kappa shape index (κ3) is 3.97. The molecule has 2 N–H and O–H groups in total. The molecule has 1 aliphatic heterocycles. The van der Waals surface area contributed by atoms with Crippen molar-refractivity contribution in [3.8, 4) is 0 Å². The summed E-state index contributed by atoms with van der Waals surface area (Å²) in [7, 11) is 1.52. The van der Waals surface area contributed by atoms with Crippen LogP contribution < -0.4 is 10.6 Å². The summed E-state index contributed by atoms with van der Waals surface area (Å²) >= 11 is 0. The highest BCUT2D eigenvalue weighted by atomic mass is 19.1. The maximum absolute atomic E-state index is 13.8. The van der Waals surface area contributed by atoms with Crippen LogP contribution in [0, 0.1) is 11.6 Å². The van der Waals surface area contributed by atoms with Crippen LogP contribution in [0.1, 0.15) is 39.6 Å². The summed E-state index contributed by atoms with van der Waals surface area (Å²) in [4.78, 5) is 29.2. The summed E-state index contributed by atoms with van der Waals surface area (Å²) in [5.41, 5.74) is 0.0628. The Bertz CT molecular complexity index is 846. The number of benzene rings is 1. The fourth-order valence-corrected chi connectivity index (χ4v) is 3.03. The number of halogens is 2. The maximum atomic E-state index is 13.8. The van der Waals surface area contributed by atoms with Crippen LogP contribution in [-0.4, -0.2) is 41.6 Å². The molecular formula is C18H20F2N4O3. The number of carbonyl (C=O) groups excluding carboxylic acids is 2. The molecule has 0 spiro atoms. The third-order valence-corrected chi connectivity index (χ3v) is 4.33. The summed E-state index contributed by atoms with van der Waals surface area (Å²) < 4.78 is 34.2. The van der Waals surface area contributed by atoms with Crippen LogP contribution in [-0.2, 0) is 17.7 Å². The summed E-state index contributed by atoms with van der Waals surface area (Å²) in [5.74, 6) is -2.82. The van der Waals surface area contributed by atoms with Crippen molar-refractivity contribution < 1.29 is 23.1 Å². The molecule has 1 aromatic carbocycles. The second-order valence-corrected chi connectivity index (χ2v) is 6.14. The second-order valence-electron chi connectivity index (χ2n) is 6.14. The highest BCUT2D eigenvalue weighted by Crippen LogP contribution is 2.24. The Kier molecular flexibility index (Phi) is 5.80. The smallest absolute Gasteiger partial charge is 0.287 e. The van der Waals surface area contributed by atoms with Gasteiger partial charge in [-0.15, -0.1) is 0 Å². The number of methoxy groups -OCH3 is 1. The molecular weight excluding hydrogens is 358 g/mol. The number of hydrogen-bond donors (Lipinski definition) is 2. The van der Waals surface area contributed by atoms with E-state index in [0.717, 1.165) is 25.0 Å². The van der Waals surface area contributed by atoms with Crippen LogP contribution in [0.4, 0.5) is 14.5 Å². The first-order valence-corrected chi connectivity index (χ1v) is 8.64. The van der Waals surface area contributed by atoms with E-state index in [9.17, 15) is 18.4 Å². The first kappa shape index (κ1) is 19.0. The van der Waals surface area contributed by atoms with Crippen LogP contribution in [0.3, 0.4) is 0 Å². The fraction of sp³-hybridized carbons (Fsp3) is 0.389. The van der Waals surface area contributed by atoms with Crippen molar-refractivity contribution in [1.29, 1.82) is 0 Å². The van der Waals surface area contributed by atoms with E-state index >= 15 is 0 Å². The molecule has 1 aromatic heterocycles. The van der Waals surface area contributed by atoms with Crippen LogP contribution in [0.2, 0.25) is 0 Å². The lowest BCUT2D eigenvalue weighted by Gasteiger charge is -2.17. The van der Waals surface area contributed by atoms with Crippen LogP contribution >= 0.6 is 0 Å². The minimum absolute atomic E-state index is 0.00856. The first-order chi connectivity index (χ1) is 13.0. The van der Waals surface area contributed by atoms with Gasteiger partial charge < -0.3 is 19.9 Å². The lowest BCUT2D eigenvalue weighted by atomic mass is 10.1. The number of anilines is 1. The van der Waals surface area contributed by atoms with E-state index < -0.39 is 29.1 Å². The lowest BCUT2D eigenvalue weighted by Crippen LogP contribution is -2.30. The monoisotopic (exact) mass is 378 g/mol. The Hall–Kier alpha value is -2.81. The minimum atomic E-state index is -0.881. The topological polar surface area (TPSA) is 85.2 Å². The molecule has 0 radical (unpaired) electrons. The molecule has 144 valence electrons. The van der Waals surface area contributed by atoms with Crippen molar-refractivity contribution in [2.45, 2.75) is 25.8 Å². The van der Waals surface area contributed by atoms with Gasteiger partial charge in [0, 0.05) is 20.2 Å². The van der Waals surface area contributed by atoms with Gasteiger partial charge in [0.25, 0.3) is 11.8 Å². The number of hydrogen-bond acceptors (Lipinski definition) is 4. The first-order valence-electron chi connectivity index (χ1n) is 8.64. The van der Waals surface area contributed by atoms with Crippen molar-refractivity contribution in [3.63, 3.8) is 0 Å². The predicted octanol–water partition coefficient (Wildman–Crippen LogP) is 2.13. The zero-order valence-corrected chi connectivity index (χ0v) is 14.8. The van der Waals surface area contributed by atoms with Gasteiger partial charge in [-0.3, -0.25) is 9.59 Å². The summed E-state index contributed by atoms with van der Waals surface area (Å²) in [6.07, 6.45) is 2.25. The van der Waals surface area contributed by atoms with Gasteiger partial charge in [0.1, 0.15) is 17.3 Å². The third-order valence-electron chi connectivity index (χ3n) is 4.33. The normalized spacial score (nSPS) is 13.1. The molecule has 9 heteroatoms. The molecule has 0 aliphatic carbocycles. The van der Waals surface area contributed by atoms with E-state index in [0.29, 0.717) is 31.8 Å². The molecule has 0 atom stereocenters. The Labute approximate surface area is 154 Å². The highest BCUT2D eigenvalue weighted by Gasteiger charge is 2.28. The van der Waals surface area contributed by atoms with Crippen LogP contribution in [0.5, 0.6) is 0 Å². The van der Waals surface area contributed by atoms with Gasteiger partial charge in [0.05, 0.1) is 12.3 Å². The van der Waals surface area contributed by atoms with Crippen LogP contribution in [0.15, 0.2) is 18.2 Å². The largest absolute Gasteiger partial charge is 0.383 e. The van der Waals surface area contributed by atoms with Crippen molar-refractivity contribution in [2.75, 3.05) is 25.6 Å². The Morgan fingerprint density at radius 3 is 2.67 bits per heavy atom. The number of carbonyl (C=O) groups is 2. The Morgan fingerprint density at radius 2 is 1.96 bits per heavy atom. The van der Waals surface area contributed by atoms with E-state index in [1.54, 1.807) is 4.57 Å². The Balaban J connectivity index is 1.89. The zero-order chi connectivity index (χ0) is 19.4. The number of rotatable bonds is 6. The van der Waals surface area contributed by atoms with Gasteiger partial charge in [-0.05, 0) is 31.4 Å². The standard InChI is InChI=1S/C18H20F2N4O3/c1-27-10-8-21-18(26)16-22-15(13-7-2-3-9-24(13)16)17(25)23-14-11(19)5-4-6-12(14)20/h4-6H,2-3,7-10H2,1H3,(H,21,26)(H,23,25). The van der Waals surface area contributed by atoms with E-state index in [4.69, 9.17) is 4.74 Å². The van der Waals surface area contributed by atoms with Gasteiger partial charge in [0.2, 0.25) is 0 Å². The van der Waals surface area contributed by atoms with Crippen molar-refractivity contribution >= 4 is 17.5 Å². The van der Waals surface area contributed by atoms with Gasteiger partial charge in [-0.25, -0.2) is 13.8 Å². The molecule has 0 unspecified atom stereocenters. The molecule has 2 aromatic rings. The number of aromatic nitrogens is 2. The van der Waals surface area contributed by atoms with E-state index in [-0.39, 0.29) is 11.5 Å². The summed E-state index contributed by atoms with van der Waals surface area (Å²) in [6.45, 7) is 1.20. The molecule has 7 nitrogen and oxygen atoms in total. The zero-order valence-electron chi connectivity index (χ0n) is 14.8. The van der Waals surface area contributed by atoms with Crippen LogP contribution in [0.25, 0.3) is 0 Å². The lowest BCUT2D eigenvalue weighted by molar-refractivity contribution is 0.0921. The highest BCUT2D eigenvalue weighted by molar-refractivity contribution is 6.05. The SMILES string of the molecule is COCCNC(=O)c1nc(C(=O)Nc2c(F)cccc2F)c2n1CCCC2. The van der Waals surface area contributed by atoms with Crippen molar-refractivity contribution in [1.82, 2.24) is 14.9 Å². The molecule has 0 fully saturated rings. The number of fused-ring (bicyclic) bond motifs is 1. The molecule has 2 heterocycles. The molecule has 0 bridgehead atoms. The number of para-hydroxylation sites is 1. The molecule has 0 saturated heterocycles. The maximum Gasteiger partial charge on any atom is 0.287 e. The molecule has 1 aliphatic rings. The Morgan fingerprint density at radius 1 is 1.22 bits per heavy atom. The summed E-state index contributed by atoms with van der Waals surface area (Å²) in [5, 5.41) is 4.90. The molecule has 27 heavy (non-hydrogen) atoms. The average molecular weight is 378 g/mol. The van der Waals surface area contributed by atoms with Gasteiger partial charge in [-0.2, -0.15) is 0 Å². The fourth-order valence-electron chi connectivity index (χ4n) is 3.03. The van der Waals surface area contributed by atoms with Crippen molar-refractivity contribution in [2.24, 2.45) is 0 Å². The molecule has 2 amide bonds. The van der Waals surface area contributed by atoms with E-state index in [2.05, 4.69) is 15.6 Å². The van der Waals surface area contributed by atoms with E-state index in [1.165, 1.54) is 13.2 Å². The van der Waals surface area contributed by atoms with E-state index in [1.807, 2.05) is 0 Å². The molecule has 0 saturated carbocycles. The predicted molar refractivity (Wildman–Crippen MR) is 93.7 cm³/mol. The van der Waals surface area contributed by atoms with Gasteiger partial charge in [0.15, 0.2) is 11.5 Å². The number of imidazole rings is 1. The number of amides is 2. The minimum Gasteiger partial charge on any atom is -0.383 e. The quantitative estimate of drug-likeness (QED) is 0.754.